The van der Waals surface area contributed by atoms with Gasteiger partial charge < -0.3 is 15.1 Å². The standard InChI is InChI=1S/C12H16FNO3/c1-12(2,17)7-14(3)11(16)9-6-8(13)4-5-10(9)15/h4-6,15,17H,7H2,1-3H3. The Morgan fingerprint density at radius 1 is 1.47 bits per heavy atom. The molecule has 0 aliphatic heterocycles. The summed E-state index contributed by atoms with van der Waals surface area (Å²) in [4.78, 5) is 13.1. The van der Waals surface area contributed by atoms with Crippen molar-refractivity contribution in [3.63, 3.8) is 0 Å². The average molecular weight is 241 g/mol. The molecule has 1 amide bonds. The van der Waals surface area contributed by atoms with Crippen LogP contribution in [-0.2, 0) is 0 Å². The van der Waals surface area contributed by atoms with Crippen molar-refractivity contribution in [3.8, 4) is 5.75 Å². The van der Waals surface area contributed by atoms with E-state index < -0.39 is 17.3 Å². The van der Waals surface area contributed by atoms with Gasteiger partial charge in [-0.25, -0.2) is 4.39 Å². The number of hydrogen-bond donors (Lipinski definition) is 2. The topological polar surface area (TPSA) is 60.8 Å². The number of rotatable bonds is 3. The van der Waals surface area contributed by atoms with E-state index in [9.17, 15) is 19.4 Å². The van der Waals surface area contributed by atoms with Gasteiger partial charge in [-0.15, -0.1) is 0 Å². The predicted octanol–water partition coefficient (Wildman–Crippen LogP) is 1.37. The second-order valence-corrected chi connectivity index (χ2v) is 4.64. The van der Waals surface area contributed by atoms with Gasteiger partial charge in [0, 0.05) is 13.6 Å². The first-order valence-electron chi connectivity index (χ1n) is 5.17. The number of hydrogen-bond acceptors (Lipinski definition) is 3. The van der Waals surface area contributed by atoms with Crippen LogP contribution in [0.4, 0.5) is 4.39 Å². The van der Waals surface area contributed by atoms with Crippen molar-refractivity contribution in [3.05, 3.63) is 29.6 Å². The molecule has 0 fully saturated rings. The molecule has 1 aromatic rings. The van der Waals surface area contributed by atoms with Crippen LogP contribution < -0.4 is 0 Å². The van der Waals surface area contributed by atoms with E-state index in [4.69, 9.17) is 0 Å². The Morgan fingerprint density at radius 2 is 2.06 bits per heavy atom. The van der Waals surface area contributed by atoms with E-state index in [1.807, 2.05) is 0 Å². The normalized spacial score (nSPS) is 11.4. The van der Waals surface area contributed by atoms with Crippen LogP contribution in [-0.4, -0.2) is 40.2 Å². The lowest BCUT2D eigenvalue weighted by molar-refractivity contribution is 0.0366. The summed E-state index contributed by atoms with van der Waals surface area (Å²) in [6, 6.07) is 3.17. The van der Waals surface area contributed by atoms with E-state index in [0.717, 1.165) is 18.2 Å². The van der Waals surface area contributed by atoms with Crippen LogP contribution in [0.5, 0.6) is 5.75 Å². The molecule has 2 N–H and O–H groups in total. The predicted molar refractivity (Wildman–Crippen MR) is 61.3 cm³/mol. The third-order valence-corrected chi connectivity index (χ3v) is 2.16. The van der Waals surface area contributed by atoms with Crippen molar-refractivity contribution in [2.24, 2.45) is 0 Å². The summed E-state index contributed by atoms with van der Waals surface area (Å²) in [7, 11) is 1.48. The van der Waals surface area contributed by atoms with E-state index in [1.165, 1.54) is 11.9 Å². The first-order chi connectivity index (χ1) is 7.70. The second-order valence-electron chi connectivity index (χ2n) is 4.64. The van der Waals surface area contributed by atoms with E-state index in [2.05, 4.69) is 0 Å². The van der Waals surface area contributed by atoms with Crippen molar-refractivity contribution >= 4 is 5.91 Å². The highest BCUT2D eigenvalue weighted by Crippen LogP contribution is 2.20. The Balaban J connectivity index is 2.93. The SMILES string of the molecule is CN(CC(C)(C)O)C(=O)c1cc(F)ccc1O. The van der Waals surface area contributed by atoms with Gasteiger partial charge in [0.1, 0.15) is 11.6 Å². The number of phenolic OH excluding ortho intramolecular Hbond substituents is 1. The van der Waals surface area contributed by atoms with Crippen molar-refractivity contribution in [1.82, 2.24) is 4.90 Å². The van der Waals surface area contributed by atoms with Crippen molar-refractivity contribution in [2.45, 2.75) is 19.4 Å². The Kier molecular flexibility index (Phi) is 3.72. The fourth-order valence-corrected chi connectivity index (χ4v) is 1.54. The van der Waals surface area contributed by atoms with Gasteiger partial charge in [0.15, 0.2) is 0 Å². The van der Waals surface area contributed by atoms with Crippen LogP contribution in [0.3, 0.4) is 0 Å². The Bertz CT molecular complexity index is 426. The lowest BCUT2D eigenvalue weighted by Crippen LogP contribution is -2.39. The number of likely N-dealkylation sites (N-methyl/N-ethyl adjacent to an activating group) is 1. The highest BCUT2D eigenvalue weighted by atomic mass is 19.1. The number of carbonyl (C=O) groups excluding carboxylic acids is 1. The fraction of sp³-hybridized carbons (Fsp3) is 0.417. The van der Waals surface area contributed by atoms with Crippen LogP contribution in [0, 0.1) is 5.82 Å². The van der Waals surface area contributed by atoms with E-state index >= 15 is 0 Å². The monoisotopic (exact) mass is 241 g/mol. The number of aromatic hydroxyl groups is 1. The zero-order valence-electron chi connectivity index (χ0n) is 10.1. The highest BCUT2D eigenvalue weighted by molar-refractivity contribution is 5.96. The van der Waals surface area contributed by atoms with Crippen molar-refractivity contribution in [2.75, 3.05) is 13.6 Å². The molecule has 1 aromatic carbocycles. The molecule has 17 heavy (non-hydrogen) atoms. The minimum atomic E-state index is -1.05. The summed E-state index contributed by atoms with van der Waals surface area (Å²) >= 11 is 0. The van der Waals surface area contributed by atoms with Crippen LogP contribution >= 0.6 is 0 Å². The molecular formula is C12H16FNO3. The second kappa shape index (κ2) is 4.71. The average Bonchev–Trinajstić information content (AvgIpc) is 2.18. The summed E-state index contributed by atoms with van der Waals surface area (Å²) in [5.74, 6) is -1.41. The number of carbonyl (C=O) groups is 1. The third-order valence-electron chi connectivity index (χ3n) is 2.16. The largest absolute Gasteiger partial charge is 0.507 e. The molecule has 0 saturated heterocycles. The van der Waals surface area contributed by atoms with Gasteiger partial charge in [-0.3, -0.25) is 4.79 Å². The van der Waals surface area contributed by atoms with Crippen LogP contribution in [0.2, 0.25) is 0 Å². The molecule has 0 bridgehead atoms. The van der Waals surface area contributed by atoms with Crippen LogP contribution in [0.1, 0.15) is 24.2 Å². The number of benzene rings is 1. The number of aliphatic hydroxyl groups is 1. The van der Waals surface area contributed by atoms with Gasteiger partial charge in [-0.1, -0.05) is 0 Å². The van der Waals surface area contributed by atoms with Crippen LogP contribution in [0.25, 0.3) is 0 Å². The minimum absolute atomic E-state index is 0.0851. The first-order valence-corrected chi connectivity index (χ1v) is 5.17. The lowest BCUT2D eigenvalue weighted by atomic mass is 10.1. The summed E-state index contributed by atoms with van der Waals surface area (Å²) < 4.78 is 13.0. The molecular weight excluding hydrogens is 225 g/mol. The molecule has 0 aliphatic carbocycles. The molecule has 0 aliphatic rings. The summed E-state index contributed by atoms with van der Waals surface area (Å²) in [5.41, 5.74) is -1.16. The van der Waals surface area contributed by atoms with Crippen molar-refractivity contribution in [1.29, 1.82) is 0 Å². The molecule has 1 rings (SSSR count). The molecule has 94 valence electrons. The zero-order valence-corrected chi connectivity index (χ0v) is 10.1. The molecule has 0 radical (unpaired) electrons. The fourth-order valence-electron chi connectivity index (χ4n) is 1.54. The van der Waals surface area contributed by atoms with Crippen molar-refractivity contribution < 1.29 is 19.4 Å². The quantitative estimate of drug-likeness (QED) is 0.840. The van der Waals surface area contributed by atoms with Crippen LogP contribution in [0.15, 0.2) is 18.2 Å². The maximum Gasteiger partial charge on any atom is 0.257 e. The summed E-state index contributed by atoms with van der Waals surface area (Å²) in [6.07, 6.45) is 0. The van der Waals surface area contributed by atoms with Gasteiger partial charge in [-0.05, 0) is 32.0 Å². The van der Waals surface area contributed by atoms with Gasteiger partial charge in [-0.2, -0.15) is 0 Å². The zero-order chi connectivity index (χ0) is 13.2. The molecule has 4 nitrogen and oxygen atoms in total. The van der Waals surface area contributed by atoms with E-state index in [-0.39, 0.29) is 17.9 Å². The molecule has 5 heteroatoms. The maximum absolute atomic E-state index is 13.0. The first kappa shape index (κ1) is 13.4. The Hall–Kier alpha value is -1.62. The summed E-state index contributed by atoms with van der Waals surface area (Å²) in [6.45, 7) is 3.20. The van der Waals surface area contributed by atoms with Gasteiger partial charge in [0.2, 0.25) is 0 Å². The Morgan fingerprint density at radius 3 is 2.59 bits per heavy atom. The van der Waals surface area contributed by atoms with E-state index in [0.29, 0.717) is 0 Å². The maximum atomic E-state index is 13.0. The lowest BCUT2D eigenvalue weighted by Gasteiger charge is -2.25. The smallest absolute Gasteiger partial charge is 0.257 e. The number of amides is 1. The van der Waals surface area contributed by atoms with Gasteiger partial charge in [0.25, 0.3) is 5.91 Å². The molecule has 0 saturated carbocycles. The number of nitrogens with zero attached hydrogens (tertiary/aromatic N) is 1. The molecule has 0 spiro atoms. The number of phenols is 1. The molecule has 0 atom stereocenters. The summed E-state index contributed by atoms with van der Waals surface area (Å²) in [5, 5.41) is 19.1. The minimum Gasteiger partial charge on any atom is -0.507 e. The highest BCUT2D eigenvalue weighted by Gasteiger charge is 2.22. The molecule has 0 aromatic heterocycles. The molecule has 0 heterocycles. The van der Waals surface area contributed by atoms with Gasteiger partial charge in [0.05, 0.1) is 11.2 Å². The van der Waals surface area contributed by atoms with Gasteiger partial charge >= 0.3 is 0 Å². The molecule has 0 unspecified atom stereocenters. The third kappa shape index (κ3) is 3.71. The Labute approximate surface area is 99.3 Å². The number of halogens is 1. The van der Waals surface area contributed by atoms with E-state index in [1.54, 1.807) is 13.8 Å².